The molecule has 1 amide bonds. The number of nitrogens with one attached hydrogen (secondary N) is 1. The number of amides is 1. The van der Waals surface area contributed by atoms with E-state index in [2.05, 4.69) is 29.8 Å². The summed E-state index contributed by atoms with van der Waals surface area (Å²) in [5.41, 5.74) is 0. The molecule has 1 saturated heterocycles. The van der Waals surface area contributed by atoms with Crippen LogP contribution in [0.2, 0.25) is 0 Å². The lowest BCUT2D eigenvalue weighted by molar-refractivity contribution is -0.128. The third-order valence-electron chi connectivity index (χ3n) is 3.12. The standard InChI is InChI=1S/C12H18N2OS/c1-3-9(11-5-4-8-16-11)13-10-6-7-14(2)12(10)15/h4-5,8-10,13H,3,6-7H2,1-2H3. The van der Waals surface area contributed by atoms with Crippen LogP contribution in [0.4, 0.5) is 0 Å². The molecule has 2 heterocycles. The second-order valence-electron chi connectivity index (χ2n) is 4.24. The van der Waals surface area contributed by atoms with Gasteiger partial charge >= 0.3 is 0 Å². The van der Waals surface area contributed by atoms with Crippen LogP contribution in [-0.2, 0) is 4.79 Å². The van der Waals surface area contributed by atoms with Crippen LogP contribution >= 0.6 is 11.3 Å². The Hall–Kier alpha value is -0.870. The Morgan fingerprint density at radius 3 is 3.00 bits per heavy atom. The number of carbonyl (C=O) groups is 1. The minimum absolute atomic E-state index is 0.0112. The summed E-state index contributed by atoms with van der Waals surface area (Å²) in [6.07, 6.45) is 1.95. The van der Waals surface area contributed by atoms with Gasteiger partial charge in [0, 0.05) is 24.5 Å². The first-order valence-corrected chi connectivity index (χ1v) is 6.64. The van der Waals surface area contributed by atoms with Crippen LogP contribution in [0.15, 0.2) is 17.5 Å². The van der Waals surface area contributed by atoms with Gasteiger partial charge in [0.05, 0.1) is 6.04 Å². The average Bonchev–Trinajstić information content (AvgIpc) is 2.90. The molecule has 3 nitrogen and oxygen atoms in total. The lowest BCUT2D eigenvalue weighted by atomic mass is 10.1. The van der Waals surface area contributed by atoms with E-state index in [0.29, 0.717) is 6.04 Å². The van der Waals surface area contributed by atoms with Crippen molar-refractivity contribution in [3.63, 3.8) is 0 Å². The molecule has 0 aromatic carbocycles. The SMILES string of the molecule is CCC(NC1CCN(C)C1=O)c1cccs1. The molecule has 1 aliphatic rings. The third-order valence-corrected chi connectivity index (χ3v) is 4.11. The van der Waals surface area contributed by atoms with E-state index in [1.54, 1.807) is 16.2 Å². The number of hydrogen-bond acceptors (Lipinski definition) is 3. The van der Waals surface area contributed by atoms with Crippen molar-refractivity contribution in [3.05, 3.63) is 22.4 Å². The first-order chi connectivity index (χ1) is 7.72. The zero-order valence-electron chi connectivity index (χ0n) is 9.77. The Morgan fingerprint density at radius 1 is 1.69 bits per heavy atom. The fourth-order valence-electron chi connectivity index (χ4n) is 2.11. The number of hydrogen-bond donors (Lipinski definition) is 1. The molecule has 1 N–H and O–H groups in total. The lowest BCUT2D eigenvalue weighted by Crippen LogP contribution is -2.38. The number of likely N-dealkylation sites (tertiary alicyclic amines) is 1. The summed E-state index contributed by atoms with van der Waals surface area (Å²) in [6.45, 7) is 3.03. The molecule has 1 aliphatic heterocycles. The van der Waals surface area contributed by atoms with E-state index in [1.165, 1.54) is 4.88 Å². The van der Waals surface area contributed by atoms with Gasteiger partial charge in [-0.05, 0) is 24.3 Å². The van der Waals surface area contributed by atoms with Crippen molar-refractivity contribution in [1.29, 1.82) is 0 Å². The van der Waals surface area contributed by atoms with Gasteiger partial charge in [-0.2, -0.15) is 0 Å². The zero-order chi connectivity index (χ0) is 11.5. The van der Waals surface area contributed by atoms with Crippen molar-refractivity contribution in [3.8, 4) is 0 Å². The Balaban J connectivity index is 2.00. The van der Waals surface area contributed by atoms with E-state index < -0.39 is 0 Å². The Kier molecular flexibility index (Phi) is 3.61. The second kappa shape index (κ2) is 4.97. The van der Waals surface area contributed by atoms with Gasteiger partial charge in [-0.3, -0.25) is 10.1 Å². The molecule has 4 heteroatoms. The normalized spacial score (nSPS) is 22.8. The van der Waals surface area contributed by atoms with Crippen molar-refractivity contribution < 1.29 is 4.79 Å². The predicted octanol–water partition coefficient (Wildman–Crippen LogP) is 2.02. The minimum Gasteiger partial charge on any atom is -0.344 e. The van der Waals surface area contributed by atoms with Crippen LogP contribution in [-0.4, -0.2) is 30.4 Å². The van der Waals surface area contributed by atoms with Gasteiger partial charge in [0.15, 0.2) is 0 Å². The molecule has 2 atom stereocenters. The van der Waals surface area contributed by atoms with Crippen LogP contribution in [0.5, 0.6) is 0 Å². The number of rotatable bonds is 4. The monoisotopic (exact) mass is 238 g/mol. The fraction of sp³-hybridized carbons (Fsp3) is 0.583. The molecule has 0 bridgehead atoms. The van der Waals surface area contributed by atoms with E-state index in [-0.39, 0.29) is 11.9 Å². The molecular weight excluding hydrogens is 220 g/mol. The third kappa shape index (κ3) is 2.28. The summed E-state index contributed by atoms with van der Waals surface area (Å²) < 4.78 is 0. The van der Waals surface area contributed by atoms with Crippen molar-refractivity contribution in [2.24, 2.45) is 0 Å². The summed E-state index contributed by atoms with van der Waals surface area (Å²) in [5.74, 6) is 0.231. The summed E-state index contributed by atoms with van der Waals surface area (Å²) >= 11 is 1.75. The highest BCUT2D eigenvalue weighted by atomic mass is 32.1. The van der Waals surface area contributed by atoms with Gasteiger partial charge in [-0.1, -0.05) is 13.0 Å². The van der Waals surface area contributed by atoms with Crippen molar-refractivity contribution in [2.45, 2.75) is 31.8 Å². The van der Waals surface area contributed by atoms with Crippen LogP contribution in [0.25, 0.3) is 0 Å². The topological polar surface area (TPSA) is 32.3 Å². The molecule has 1 aromatic rings. The van der Waals surface area contributed by atoms with E-state index in [1.807, 2.05) is 7.05 Å². The van der Waals surface area contributed by atoms with Crippen LogP contribution in [0.3, 0.4) is 0 Å². The smallest absolute Gasteiger partial charge is 0.239 e. The largest absolute Gasteiger partial charge is 0.344 e. The minimum atomic E-state index is 0.0112. The highest BCUT2D eigenvalue weighted by Crippen LogP contribution is 2.23. The Labute approximate surface area is 100 Å². The van der Waals surface area contributed by atoms with Gasteiger partial charge in [0.1, 0.15) is 0 Å². The van der Waals surface area contributed by atoms with E-state index in [4.69, 9.17) is 0 Å². The van der Waals surface area contributed by atoms with E-state index >= 15 is 0 Å². The molecule has 2 rings (SSSR count). The molecule has 1 aromatic heterocycles. The summed E-state index contributed by atoms with van der Waals surface area (Å²) in [6, 6.07) is 4.53. The van der Waals surface area contributed by atoms with Gasteiger partial charge in [0.25, 0.3) is 0 Å². The molecule has 88 valence electrons. The fourth-order valence-corrected chi connectivity index (χ4v) is 2.98. The molecule has 0 radical (unpaired) electrons. The summed E-state index contributed by atoms with van der Waals surface area (Å²) in [7, 11) is 1.87. The summed E-state index contributed by atoms with van der Waals surface area (Å²) in [5, 5.41) is 5.55. The summed E-state index contributed by atoms with van der Waals surface area (Å²) in [4.78, 5) is 14.9. The number of likely N-dealkylation sites (N-methyl/N-ethyl adjacent to an activating group) is 1. The molecule has 1 fully saturated rings. The number of nitrogens with zero attached hydrogens (tertiary/aromatic N) is 1. The maximum Gasteiger partial charge on any atom is 0.239 e. The van der Waals surface area contributed by atoms with Gasteiger partial charge in [-0.25, -0.2) is 0 Å². The molecular formula is C12H18N2OS. The van der Waals surface area contributed by atoms with Gasteiger partial charge in [-0.15, -0.1) is 11.3 Å². The quantitative estimate of drug-likeness (QED) is 0.870. The maximum atomic E-state index is 11.8. The van der Waals surface area contributed by atoms with E-state index in [9.17, 15) is 4.79 Å². The van der Waals surface area contributed by atoms with Crippen molar-refractivity contribution in [1.82, 2.24) is 10.2 Å². The van der Waals surface area contributed by atoms with Crippen molar-refractivity contribution >= 4 is 17.2 Å². The zero-order valence-corrected chi connectivity index (χ0v) is 10.6. The van der Waals surface area contributed by atoms with Gasteiger partial charge < -0.3 is 4.90 Å². The first kappa shape index (κ1) is 11.6. The number of thiophene rings is 1. The Morgan fingerprint density at radius 2 is 2.50 bits per heavy atom. The van der Waals surface area contributed by atoms with Crippen LogP contribution in [0, 0.1) is 0 Å². The van der Waals surface area contributed by atoms with E-state index in [0.717, 1.165) is 19.4 Å². The Bertz CT molecular complexity index is 350. The molecule has 0 spiro atoms. The predicted molar refractivity (Wildman–Crippen MR) is 66.5 cm³/mol. The molecule has 2 unspecified atom stereocenters. The van der Waals surface area contributed by atoms with Crippen LogP contribution < -0.4 is 5.32 Å². The second-order valence-corrected chi connectivity index (χ2v) is 5.22. The molecule has 16 heavy (non-hydrogen) atoms. The lowest BCUT2D eigenvalue weighted by Gasteiger charge is -2.19. The van der Waals surface area contributed by atoms with Gasteiger partial charge in [0.2, 0.25) is 5.91 Å². The average molecular weight is 238 g/mol. The highest BCUT2D eigenvalue weighted by Gasteiger charge is 2.30. The van der Waals surface area contributed by atoms with Crippen LogP contribution in [0.1, 0.15) is 30.7 Å². The molecule has 0 aliphatic carbocycles. The highest BCUT2D eigenvalue weighted by molar-refractivity contribution is 7.10. The van der Waals surface area contributed by atoms with Crippen molar-refractivity contribution in [2.75, 3.05) is 13.6 Å². The maximum absolute atomic E-state index is 11.8. The molecule has 0 saturated carbocycles. The number of carbonyl (C=O) groups excluding carboxylic acids is 1. The first-order valence-electron chi connectivity index (χ1n) is 5.76.